The molecule has 4 aromatic rings. The molecule has 11 nitrogen and oxygen atoms in total. The number of benzene rings is 2. The van der Waals surface area contributed by atoms with Crippen molar-refractivity contribution in [2.24, 2.45) is 0 Å². The van der Waals surface area contributed by atoms with Crippen LogP contribution >= 0.6 is 0 Å². The third kappa shape index (κ3) is 7.25. The molecular formula is C37H45N5O6. The number of ether oxygens (including phenoxy) is 3. The zero-order valence-corrected chi connectivity index (χ0v) is 28.6. The molecule has 11 heteroatoms. The number of nitrogens with zero attached hydrogens (tertiary/aromatic N) is 2. The maximum absolute atomic E-state index is 13.5. The molecule has 1 aliphatic rings. The van der Waals surface area contributed by atoms with E-state index >= 15 is 0 Å². The smallest absolute Gasteiger partial charge is 0.220 e. The summed E-state index contributed by atoms with van der Waals surface area (Å²) in [5.74, 6) is 2.20. The Kier molecular flexibility index (Phi) is 10.9. The molecular weight excluding hydrogens is 610 g/mol. The number of para-hydroxylation sites is 2. The van der Waals surface area contributed by atoms with E-state index in [9.17, 15) is 14.4 Å². The standard InChI is InChI=1S/C37H45N5O6/c1-22(2)42-30-11-8-7-10-28(30)41-33(42)17-19-39-34(45)12-9-18-38-29-16-14-25-26(21-31(29)44)27(40-23(3)43)15-13-24-20-32(46-4)36(47-5)37(48-6)35(24)25/h7-8,10-11,14,16,20-22,27H,9,12-13,15,17-19H2,1-6H3,(H,38,44)(H,39,45)(H,40,43). The molecule has 0 fully saturated rings. The summed E-state index contributed by atoms with van der Waals surface area (Å²) < 4.78 is 19.3. The maximum atomic E-state index is 13.5. The lowest BCUT2D eigenvalue weighted by Gasteiger charge is -2.19. The van der Waals surface area contributed by atoms with Gasteiger partial charge in [-0.25, -0.2) is 4.98 Å². The summed E-state index contributed by atoms with van der Waals surface area (Å²) in [7, 11) is 4.70. The van der Waals surface area contributed by atoms with Crippen LogP contribution < -0.4 is 35.6 Å². The number of carbonyl (C=O) groups is 2. The number of amides is 2. The lowest BCUT2D eigenvalue weighted by molar-refractivity contribution is -0.121. The second kappa shape index (κ2) is 15.2. The van der Waals surface area contributed by atoms with Gasteiger partial charge in [0.15, 0.2) is 11.5 Å². The van der Waals surface area contributed by atoms with E-state index in [4.69, 9.17) is 19.2 Å². The Hall–Kier alpha value is -5.06. The van der Waals surface area contributed by atoms with Crippen LogP contribution in [-0.4, -0.2) is 55.8 Å². The highest BCUT2D eigenvalue weighted by atomic mass is 16.5. The minimum Gasteiger partial charge on any atom is -0.493 e. The highest BCUT2D eigenvalue weighted by molar-refractivity contribution is 5.84. The third-order valence-electron chi connectivity index (χ3n) is 8.67. The summed E-state index contributed by atoms with van der Waals surface area (Å²) in [5.41, 5.74) is 5.44. The van der Waals surface area contributed by atoms with Gasteiger partial charge in [0.25, 0.3) is 0 Å². The van der Waals surface area contributed by atoms with Gasteiger partial charge in [-0.05, 0) is 80.1 Å². The van der Waals surface area contributed by atoms with Gasteiger partial charge in [-0.15, -0.1) is 0 Å². The van der Waals surface area contributed by atoms with E-state index in [2.05, 4.69) is 40.4 Å². The van der Waals surface area contributed by atoms with Crippen LogP contribution in [0.3, 0.4) is 0 Å². The molecule has 0 aliphatic heterocycles. The van der Waals surface area contributed by atoms with Crippen LogP contribution in [0.2, 0.25) is 0 Å². The second-order valence-electron chi connectivity index (χ2n) is 12.2. The van der Waals surface area contributed by atoms with Crippen LogP contribution in [-0.2, 0) is 22.4 Å². The number of fused-ring (bicyclic) bond motifs is 4. The minimum absolute atomic E-state index is 0.0529. The van der Waals surface area contributed by atoms with Crippen molar-refractivity contribution in [2.75, 3.05) is 39.7 Å². The van der Waals surface area contributed by atoms with Crippen LogP contribution in [0.25, 0.3) is 22.2 Å². The fraction of sp³-hybridized carbons (Fsp3) is 0.405. The first-order chi connectivity index (χ1) is 23.2. The SMILES string of the molecule is COc1cc2c(c(OC)c1OC)-c1ccc(NCCCC(=O)NCCc3nc4ccccc4n3C(C)C)c(=O)cc1C(NC(C)=O)CC2. The fourth-order valence-electron chi connectivity index (χ4n) is 6.57. The molecule has 0 spiro atoms. The lowest BCUT2D eigenvalue weighted by Crippen LogP contribution is -2.27. The first-order valence-electron chi connectivity index (χ1n) is 16.4. The topological polar surface area (TPSA) is 133 Å². The van der Waals surface area contributed by atoms with Crippen molar-refractivity contribution in [3.05, 3.63) is 75.7 Å². The van der Waals surface area contributed by atoms with E-state index in [1.54, 1.807) is 33.5 Å². The summed E-state index contributed by atoms with van der Waals surface area (Å²) >= 11 is 0. The van der Waals surface area contributed by atoms with Crippen LogP contribution in [0.1, 0.15) is 69.1 Å². The first kappa shape index (κ1) is 34.3. The largest absolute Gasteiger partial charge is 0.493 e. The van der Waals surface area contributed by atoms with Crippen LogP contribution in [0, 0.1) is 0 Å². The molecule has 254 valence electrons. The Morgan fingerprint density at radius 1 is 1.00 bits per heavy atom. The van der Waals surface area contributed by atoms with Crippen molar-refractivity contribution in [1.29, 1.82) is 0 Å². The maximum Gasteiger partial charge on any atom is 0.220 e. The van der Waals surface area contributed by atoms with Crippen LogP contribution in [0.15, 0.2) is 53.3 Å². The average molecular weight is 656 g/mol. The molecule has 5 rings (SSSR count). The van der Waals surface area contributed by atoms with Crippen LogP contribution in [0.5, 0.6) is 17.2 Å². The van der Waals surface area contributed by atoms with Gasteiger partial charge in [-0.2, -0.15) is 0 Å². The molecule has 1 heterocycles. The summed E-state index contributed by atoms with van der Waals surface area (Å²) in [4.78, 5) is 43.2. The number of imidazole rings is 1. The highest BCUT2D eigenvalue weighted by Gasteiger charge is 2.29. The molecule has 1 aromatic heterocycles. The summed E-state index contributed by atoms with van der Waals surface area (Å²) in [6.45, 7) is 6.65. The monoisotopic (exact) mass is 655 g/mol. The zero-order valence-electron chi connectivity index (χ0n) is 28.6. The van der Waals surface area contributed by atoms with Crippen molar-refractivity contribution in [3.63, 3.8) is 0 Å². The van der Waals surface area contributed by atoms with E-state index in [1.807, 2.05) is 30.3 Å². The number of carbonyl (C=O) groups excluding carboxylic acids is 2. The van der Waals surface area contributed by atoms with Crippen molar-refractivity contribution < 1.29 is 23.8 Å². The molecule has 1 unspecified atom stereocenters. The highest BCUT2D eigenvalue weighted by Crippen LogP contribution is 2.50. The molecule has 0 bridgehead atoms. The lowest BCUT2D eigenvalue weighted by atomic mass is 9.95. The normalized spacial score (nSPS) is 13.7. The van der Waals surface area contributed by atoms with Crippen molar-refractivity contribution in [1.82, 2.24) is 20.2 Å². The summed E-state index contributed by atoms with van der Waals surface area (Å²) in [6, 6.07) is 15.1. The predicted molar refractivity (Wildman–Crippen MR) is 187 cm³/mol. The molecule has 3 N–H and O–H groups in total. The van der Waals surface area contributed by atoms with Crippen molar-refractivity contribution >= 4 is 28.5 Å². The number of methoxy groups -OCH3 is 3. The van der Waals surface area contributed by atoms with Crippen LogP contribution in [0.4, 0.5) is 5.69 Å². The minimum atomic E-state index is -0.389. The van der Waals surface area contributed by atoms with E-state index < -0.39 is 0 Å². The summed E-state index contributed by atoms with van der Waals surface area (Å²) in [5, 5.41) is 9.26. The Bertz CT molecular complexity index is 1870. The quantitative estimate of drug-likeness (QED) is 0.164. The second-order valence-corrected chi connectivity index (χ2v) is 12.2. The van der Waals surface area contributed by atoms with Gasteiger partial charge in [0, 0.05) is 44.5 Å². The number of aromatic nitrogens is 2. The average Bonchev–Trinajstić information content (AvgIpc) is 3.28. The van der Waals surface area contributed by atoms with Crippen molar-refractivity contribution in [3.8, 4) is 28.4 Å². The van der Waals surface area contributed by atoms with Gasteiger partial charge in [0.2, 0.25) is 23.0 Å². The number of hydrogen-bond acceptors (Lipinski definition) is 8. The van der Waals surface area contributed by atoms with Gasteiger partial charge < -0.3 is 34.7 Å². The van der Waals surface area contributed by atoms with E-state index in [-0.39, 0.29) is 29.3 Å². The fourth-order valence-corrected chi connectivity index (χ4v) is 6.57. The van der Waals surface area contributed by atoms with Gasteiger partial charge >= 0.3 is 0 Å². The van der Waals surface area contributed by atoms with Gasteiger partial charge in [-0.1, -0.05) is 18.2 Å². The first-order valence-corrected chi connectivity index (χ1v) is 16.4. The number of hydrogen-bond donors (Lipinski definition) is 3. The van der Waals surface area contributed by atoms with E-state index in [0.29, 0.717) is 73.7 Å². The Labute approximate surface area is 281 Å². The van der Waals surface area contributed by atoms with Crippen molar-refractivity contribution in [2.45, 2.75) is 65.0 Å². The predicted octanol–water partition coefficient (Wildman–Crippen LogP) is 5.34. The van der Waals surface area contributed by atoms with Gasteiger partial charge in [0.1, 0.15) is 5.82 Å². The molecule has 3 aromatic carbocycles. The van der Waals surface area contributed by atoms with Gasteiger partial charge in [0.05, 0.1) is 44.1 Å². The molecule has 48 heavy (non-hydrogen) atoms. The molecule has 0 saturated carbocycles. The number of aryl methyl sites for hydroxylation is 1. The Morgan fingerprint density at radius 3 is 2.48 bits per heavy atom. The Balaban J connectivity index is 1.28. The van der Waals surface area contributed by atoms with E-state index in [0.717, 1.165) is 33.5 Å². The van der Waals surface area contributed by atoms with Gasteiger partial charge in [-0.3, -0.25) is 14.4 Å². The number of rotatable bonds is 13. The number of nitrogens with one attached hydrogen (secondary N) is 3. The molecule has 2 amide bonds. The summed E-state index contributed by atoms with van der Waals surface area (Å²) in [6.07, 6.45) is 2.68. The molecule has 1 atom stereocenters. The molecule has 1 aliphatic carbocycles. The van der Waals surface area contributed by atoms with E-state index in [1.165, 1.54) is 6.92 Å². The number of anilines is 1. The zero-order chi connectivity index (χ0) is 34.4. The molecule has 0 radical (unpaired) electrons. The Morgan fingerprint density at radius 2 is 1.77 bits per heavy atom. The molecule has 0 saturated heterocycles. The third-order valence-corrected chi connectivity index (χ3v) is 8.67.